The number of allylic oxidation sites excluding steroid dienone is 2. The molecule has 0 spiro atoms. The molecule has 1 aliphatic rings. The minimum absolute atomic E-state index is 0.0505. The molecule has 1 aliphatic heterocycles. The SMILES string of the molecule is CC(C)=CCc1c([O-])cc(O)c2c1OCC(c1ccc(O)cc1O)C2=O. The maximum atomic E-state index is 12.9. The van der Waals surface area contributed by atoms with Gasteiger partial charge in [-0.1, -0.05) is 23.5 Å². The van der Waals surface area contributed by atoms with Crippen molar-refractivity contribution in [2.24, 2.45) is 0 Å². The van der Waals surface area contributed by atoms with Gasteiger partial charge >= 0.3 is 0 Å². The Morgan fingerprint density at radius 1 is 1.23 bits per heavy atom. The first-order valence-corrected chi connectivity index (χ1v) is 8.17. The van der Waals surface area contributed by atoms with Crippen LogP contribution in [0, 0.1) is 0 Å². The smallest absolute Gasteiger partial charge is 0.181 e. The summed E-state index contributed by atoms with van der Waals surface area (Å²) in [6.07, 6.45) is 2.14. The van der Waals surface area contributed by atoms with Gasteiger partial charge in [-0.3, -0.25) is 4.79 Å². The van der Waals surface area contributed by atoms with Gasteiger partial charge in [-0.2, -0.15) is 0 Å². The maximum absolute atomic E-state index is 12.9. The summed E-state index contributed by atoms with van der Waals surface area (Å²) in [6.45, 7) is 3.72. The van der Waals surface area contributed by atoms with Crippen LogP contribution in [0.1, 0.15) is 41.3 Å². The number of ketones is 1. The van der Waals surface area contributed by atoms with E-state index < -0.39 is 23.2 Å². The lowest BCUT2D eigenvalue weighted by molar-refractivity contribution is -0.269. The molecular weight excluding hydrogens is 336 g/mol. The van der Waals surface area contributed by atoms with Gasteiger partial charge in [0.25, 0.3) is 0 Å². The summed E-state index contributed by atoms with van der Waals surface area (Å²) < 4.78 is 5.69. The van der Waals surface area contributed by atoms with Gasteiger partial charge in [-0.05, 0) is 38.0 Å². The fourth-order valence-electron chi connectivity index (χ4n) is 3.03. The number of carbonyl (C=O) groups is 1. The van der Waals surface area contributed by atoms with E-state index in [1.54, 1.807) is 0 Å². The van der Waals surface area contributed by atoms with E-state index in [0.717, 1.165) is 17.7 Å². The van der Waals surface area contributed by atoms with E-state index in [2.05, 4.69) is 0 Å². The number of aromatic hydroxyl groups is 3. The van der Waals surface area contributed by atoms with E-state index in [9.17, 15) is 25.2 Å². The second kappa shape index (κ2) is 6.63. The van der Waals surface area contributed by atoms with E-state index in [0.29, 0.717) is 12.0 Å². The molecule has 3 N–H and O–H groups in total. The standard InChI is InChI=1S/C20H20O6/c1-10(2)3-5-13-16(23)8-17(24)18-19(25)14(9-26-20(13)18)12-6-4-11(21)7-15(12)22/h3-4,6-8,14,21-24H,5,9H2,1-2H3/p-1. The largest absolute Gasteiger partial charge is 0.872 e. The first-order valence-electron chi connectivity index (χ1n) is 8.17. The highest BCUT2D eigenvalue weighted by Gasteiger charge is 2.35. The fourth-order valence-corrected chi connectivity index (χ4v) is 3.03. The Morgan fingerprint density at radius 2 is 1.96 bits per heavy atom. The van der Waals surface area contributed by atoms with E-state index in [-0.39, 0.29) is 35.0 Å². The Labute approximate surface area is 150 Å². The molecule has 136 valence electrons. The van der Waals surface area contributed by atoms with Crippen LogP contribution >= 0.6 is 0 Å². The monoisotopic (exact) mass is 355 g/mol. The third-order valence-corrected chi connectivity index (χ3v) is 4.38. The van der Waals surface area contributed by atoms with Crippen LogP contribution in [0.15, 0.2) is 35.9 Å². The maximum Gasteiger partial charge on any atom is 0.181 e. The van der Waals surface area contributed by atoms with Crippen LogP contribution in [-0.4, -0.2) is 27.7 Å². The molecule has 2 aromatic carbocycles. The number of fused-ring (bicyclic) bond motifs is 1. The lowest BCUT2D eigenvalue weighted by Gasteiger charge is -2.29. The zero-order valence-electron chi connectivity index (χ0n) is 14.4. The van der Waals surface area contributed by atoms with Gasteiger partial charge in [0.1, 0.15) is 35.2 Å². The molecule has 0 fully saturated rings. The van der Waals surface area contributed by atoms with E-state index in [1.165, 1.54) is 12.1 Å². The summed E-state index contributed by atoms with van der Waals surface area (Å²) in [7, 11) is 0. The Balaban J connectivity index is 2.07. The first-order chi connectivity index (χ1) is 12.3. The second-order valence-corrected chi connectivity index (χ2v) is 6.53. The third kappa shape index (κ3) is 3.06. The normalized spacial score (nSPS) is 15.9. The van der Waals surface area contributed by atoms with Crippen LogP contribution < -0.4 is 9.84 Å². The number of carbonyl (C=O) groups excluding carboxylic acids is 1. The molecule has 0 saturated heterocycles. The van der Waals surface area contributed by atoms with Crippen LogP contribution in [0.25, 0.3) is 0 Å². The predicted molar refractivity (Wildman–Crippen MR) is 93.0 cm³/mol. The molecule has 26 heavy (non-hydrogen) atoms. The van der Waals surface area contributed by atoms with Crippen LogP contribution in [0.3, 0.4) is 0 Å². The molecule has 1 atom stereocenters. The molecule has 0 saturated carbocycles. The van der Waals surface area contributed by atoms with Gasteiger partial charge in [-0.25, -0.2) is 0 Å². The number of hydrogen-bond acceptors (Lipinski definition) is 6. The highest BCUT2D eigenvalue weighted by Crippen LogP contribution is 2.44. The molecule has 2 aromatic rings. The lowest BCUT2D eigenvalue weighted by atomic mass is 9.86. The number of phenolic OH excluding ortho intramolecular Hbond substituents is 3. The van der Waals surface area contributed by atoms with Gasteiger partial charge in [0.05, 0.1) is 5.92 Å². The number of benzene rings is 2. The number of hydrogen-bond donors (Lipinski definition) is 3. The van der Waals surface area contributed by atoms with Crippen LogP contribution in [0.4, 0.5) is 0 Å². The molecule has 6 nitrogen and oxygen atoms in total. The molecule has 0 aliphatic carbocycles. The molecule has 1 heterocycles. The Kier molecular flexibility index (Phi) is 4.50. The lowest BCUT2D eigenvalue weighted by Crippen LogP contribution is -2.27. The van der Waals surface area contributed by atoms with Crippen molar-refractivity contribution < 1.29 is 30.0 Å². The highest BCUT2D eigenvalue weighted by atomic mass is 16.5. The summed E-state index contributed by atoms with van der Waals surface area (Å²) in [5.74, 6) is -2.37. The minimum atomic E-state index is -0.845. The Hall–Kier alpha value is -3.15. The average Bonchev–Trinajstić information content (AvgIpc) is 2.55. The van der Waals surface area contributed by atoms with Crippen LogP contribution in [-0.2, 0) is 6.42 Å². The molecule has 0 aromatic heterocycles. The number of Topliss-reactive ketones (excluding diaryl/α,β-unsaturated/α-hetero) is 1. The molecule has 1 unspecified atom stereocenters. The van der Waals surface area contributed by atoms with E-state index in [4.69, 9.17) is 4.74 Å². The molecule has 0 radical (unpaired) electrons. The zero-order chi connectivity index (χ0) is 19.0. The van der Waals surface area contributed by atoms with Crippen molar-refractivity contribution in [1.82, 2.24) is 0 Å². The number of rotatable bonds is 3. The van der Waals surface area contributed by atoms with Crippen LogP contribution in [0.2, 0.25) is 0 Å². The van der Waals surface area contributed by atoms with Gasteiger partial charge < -0.3 is 25.2 Å². The molecule has 0 amide bonds. The summed E-state index contributed by atoms with van der Waals surface area (Å²) in [5, 5.41) is 41.8. The summed E-state index contributed by atoms with van der Waals surface area (Å²) in [5.41, 5.74) is 1.57. The van der Waals surface area contributed by atoms with Crippen molar-refractivity contribution in [1.29, 1.82) is 0 Å². The van der Waals surface area contributed by atoms with Crippen molar-refractivity contribution in [2.45, 2.75) is 26.2 Å². The van der Waals surface area contributed by atoms with E-state index >= 15 is 0 Å². The Morgan fingerprint density at radius 3 is 2.62 bits per heavy atom. The summed E-state index contributed by atoms with van der Waals surface area (Å²) >= 11 is 0. The van der Waals surface area contributed by atoms with Gasteiger partial charge in [-0.15, -0.1) is 0 Å². The van der Waals surface area contributed by atoms with Crippen molar-refractivity contribution in [3.63, 3.8) is 0 Å². The van der Waals surface area contributed by atoms with Crippen molar-refractivity contribution in [2.75, 3.05) is 6.61 Å². The number of ether oxygens (including phenoxy) is 1. The molecular formula is C20H19O6-. The molecule has 0 bridgehead atoms. The number of phenols is 3. The summed E-state index contributed by atoms with van der Waals surface area (Å²) in [4.78, 5) is 12.9. The fraction of sp³-hybridized carbons (Fsp3) is 0.250. The second-order valence-electron chi connectivity index (χ2n) is 6.53. The first kappa shape index (κ1) is 17.7. The quantitative estimate of drug-likeness (QED) is 0.730. The Bertz CT molecular complexity index is 909. The van der Waals surface area contributed by atoms with Gasteiger partial charge in [0, 0.05) is 11.6 Å². The van der Waals surface area contributed by atoms with Gasteiger partial charge in [0.2, 0.25) is 0 Å². The highest BCUT2D eigenvalue weighted by molar-refractivity contribution is 6.07. The van der Waals surface area contributed by atoms with Crippen molar-refractivity contribution in [3.8, 4) is 28.7 Å². The topological polar surface area (TPSA) is 110 Å². The third-order valence-electron chi connectivity index (χ3n) is 4.38. The van der Waals surface area contributed by atoms with Crippen molar-refractivity contribution in [3.05, 3.63) is 52.6 Å². The minimum Gasteiger partial charge on any atom is -0.872 e. The van der Waals surface area contributed by atoms with E-state index in [1.807, 2.05) is 19.9 Å². The molecule has 3 rings (SSSR count). The van der Waals surface area contributed by atoms with Gasteiger partial charge in [0.15, 0.2) is 5.78 Å². The average molecular weight is 355 g/mol. The molecule has 6 heteroatoms. The van der Waals surface area contributed by atoms with Crippen LogP contribution in [0.5, 0.6) is 28.7 Å². The summed E-state index contributed by atoms with van der Waals surface area (Å²) in [6, 6.07) is 4.95. The zero-order valence-corrected chi connectivity index (χ0v) is 14.4. The predicted octanol–water partition coefficient (Wildman–Crippen LogP) is 2.74. The van der Waals surface area contributed by atoms with Crippen molar-refractivity contribution >= 4 is 5.78 Å².